The third kappa shape index (κ3) is 3.34. The van der Waals surface area contributed by atoms with Crippen molar-refractivity contribution in [3.63, 3.8) is 0 Å². The second kappa shape index (κ2) is 6.52. The maximum absolute atomic E-state index is 12.4. The monoisotopic (exact) mass is 376 g/mol. The molecule has 6 heteroatoms. The normalized spacial score (nSPS) is 19.2. The van der Waals surface area contributed by atoms with Crippen molar-refractivity contribution in [3.05, 3.63) is 63.6 Å². The molecular weight excluding hydrogens is 359 g/mol. The summed E-state index contributed by atoms with van der Waals surface area (Å²) in [4.78, 5) is 14.7. The van der Waals surface area contributed by atoms with Crippen molar-refractivity contribution in [2.75, 3.05) is 13.1 Å². The number of piperidine rings is 1. The number of rotatable bonds is 2. The Kier molecular flexibility index (Phi) is 4.36. The molecule has 1 saturated heterocycles. The topological polar surface area (TPSA) is 41.6 Å². The number of carbonyl (C=O) groups excluding carboxylic acids is 1. The second-order valence-corrected chi connectivity index (χ2v) is 7.39. The predicted molar refractivity (Wildman–Crippen MR) is 98.2 cm³/mol. The summed E-state index contributed by atoms with van der Waals surface area (Å²) in [5.41, 5.74) is 1.13. The molecule has 0 unspecified atom stereocenters. The van der Waals surface area contributed by atoms with Crippen LogP contribution in [0.1, 0.15) is 28.8 Å². The quantitative estimate of drug-likeness (QED) is 0.857. The number of hydrogen-bond donors (Lipinski definition) is 1. The van der Waals surface area contributed by atoms with Gasteiger partial charge in [0.2, 0.25) is 0 Å². The molecule has 2 aromatic carbocycles. The summed E-state index contributed by atoms with van der Waals surface area (Å²) in [5, 5.41) is 4.21. The first kappa shape index (κ1) is 16.7. The van der Waals surface area contributed by atoms with Crippen molar-refractivity contribution in [1.82, 2.24) is 10.2 Å². The van der Waals surface area contributed by atoms with Crippen LogP contribution in [0.3, 0.4) is 0 Å². The van der Waals surface area contributed by atoms with Crippen LogP contribution in [0.25, 0.3) is 0 Å². The SMILES string of the molecule is O=C1NC2(CCN(Cc3ccc(Cl)c(Cl)c3)CC2)Oc2ccccc21. The molecule has 0 bridgehead atoms. The predicted octanol–water partition coefficient (Wildman–Crippen LogP) is 4.11. The van der Waals surface area contributed by atoms with E-state index < -0.39 is 5.72 Å². The van der Waals surface area contributed by atoms with Gasteiger partial charge in [-0.25, -0.2) is 0 Å². The van der Waals surface area contributed by atoms with Crippen molar-refractivity contribution < 1.29 is 9.53 Å². The van der Waals surface area contributed by atoms with Crippen LogP contribution in [0.4, 0.5) is 0 Å². The summed E-state index contributed by atoms with van der Waals surface area (Å²) >= 11 is 12.1. The fourth-order valence-electron chi connectivity index (χ4n) is 3.45. The Hall–Kier alpha value is -1.75. The molecular formula is C19H18Cl2N2O2. The Morgan fingerprint density at radius 1 is 1.08 bits per heavy atom. The number of carbonyl (C=O) groups is 1. The van der Waals surface area contributed by atoms with E-state index in [0.717, 1.165) is 38.0 Å². The van der Waals surface area contributed by atoms with E-state index >= 15 is 0 Å². The molecule has 2 aliphatic rings. The van der Waals surface area contributed by atoms with E-state index in [4.69, 9.17) is 27.9 Å². The first-order valence-corrected chi connectivity index (χ1v) is 9.07. The molecule has 1 N–H and O–H groups in total. The van der Waals surface area contributed by atoms with Crippen LogP contribution in [0, 0.1) is 0 Å². The van der Waals surface area contributed by atoms with E-state index in [9.17, 15) is 4.79 Å². The molecule has 2 aromatic rings. The molecule has 0 aromatic heterocycles. The van der Waals surface area contributed by atoms with Gasteiger partial charge in [-0.15, -0.1) is 0 Å². The standard InChI is InChI=1S/C19H18Cl2N2O2/c20-15-6-5-13(11-16(15)21)12-23-9-7-19(8-10-23)22-18(24)14-3-1-2-4-17(14)25-19/h1-6,11H,7-10,12H2,(H,22,24). The van der Waals surface area contributed by atoms with E-state index in [-0.39, 0.29) is 5.91 Å². The molecule has 2 heterocycles. The van der Waals surface area contributed by atoms with Crippen LogP contribution >= 0.6 is 23.2 Å². The van der Waals surface area contributed by atoms with Crippen LogP contribution in [0.2, 0.25) is 10.0 Å². The number of ether oxygens (including phenoxy) is 1. The zero-order valence-electron chi connectivity index (χ0n) is 13.6. The highest BCUT2D eigenvalue weighted by molar-refractivity contribution is 6.42. The van der Waals surface area contributed by atoms with Crippen LogP contribution in [0.15, 0.2) is 42.5 Å². The largest absolute Gasteiger partial charge is 0.467 e. The minimum Gasteiger partial charge on any atom is -0.467 e. The fourth-order valence-corrected chi connectivity index (χ4v) is 3.77. The van der Waals surface area contributed by atoms with Crippen LogP contribution in [-0.2, 0) is 6.54 Å². The van der Waals surface area contributed by atoms with Crippen molar-refractivity contribution in [1.29, 1.82) is 0 Å². The van der Waals surface area contributed by atoms with Gasteiger partial charge in [0.15, 0.2) is 5.72 Å². The minimum atomic E-state index is -0.598. The highest BCUT2D eigenvalue weighted by atomic mass is 35.5. The van der Waals surface area contributed by atoms with Gasteiger partial charge >= 0.3 is 0 Å². The average Bonchev–Trinajstić information content (AvgIpc) is 2.60. The van der Waals surface area contributed by atoms with Gasteiger partial charge in [-0.1, -0.05) is 41.4 Å². The van der Waals surface area contributed by atoms with Gasteiger partial charge in [-0.05, 0) is 29.8 Å². The molecule has 1 spiro atoms. The number of likely N-dealkylation sites (tertiary alicyclic amines) is 1. The van der Waals surface area contributed by atoms with Crippen LogP contribution < -0.4 is 10.1 Å². The number of benzene rings is 2. The van der Waals surface area contributed by atoms with Gasteiger partial charge in [0.25, 0.3) is 5.91 Å². The number of para-hydroxylation sites is 1. The first-order valence-electron chi connectivity index (χ1n) is 8.32. The summed E-state index contributed by atoms with van der Waals surface area (Å²) < 4.78 is 6.17. The molecule has 0 saturated carbocycles. The zero-order valence-corrected chi connectivity index (χ0v) is 15.1. The molecule has 0 atom stereocenters. The highest BCUT2D eigenvalue weighted by Crippen LogP contribution is 2.34. The lowest BCUT2D eigenvalue weighted by molar-refractivity contribution is -0.0304. The zero-order chi connectivity index (χ0) is 17.4. The Bertz CT molecular complexity index is 817. The van der Waals surface area contributed by atoms with E-state index in [1.807, 2.05) is 36.4 Å². The Morgan fingerprint density at radius 3 is 2.60 bits per heavy atom. The summed E-state index contributed by atoms with van der Waals surface area (Å²) in [6.07, 6.45) is 1.49. The average molecular weight is 377 g/mol. The lowest BCUT2D eigenvalue weighted by atomic mass is 9.96. The Morgan fingerprint density at radius 2 is 1.84 bits per heavy atom. The molecule has 2 aliphatic heterocycles. The first-order chi connectivity index (χ1) is 12.0. The summed E-state index contributed by atoms with van der Waals surface area (Å²) in [5.74, 6) is 0.615. The Balaban J connectivity index is 1.43. The lowest BCUT2D eigenvalue weighted by Crippen LogP contribution is -2.60. The molecule has 1 fully saturated rings. The summed E-state index contributed by atoms with van der Waals surface area (Å²) in [6.45, 7) is 2.48. The van der Waals surface area contributed by atoms with Crippen LogP contribution in [0.5, 0.6) is 5.75 Å². The van der Waals surface area contributed by atoms with E-state index in [0.29, 0.717) is 21.4 Å². The smallest absolute Gasteiger partial charge is 0.258 e. The maximum atomic E-state index is 12.4. The molecule has 0 radical (unpaired) electrons. The van der Waals surface area contributed by atoms with Gasteiger partial charge < -0.3 is 10.1 Å². The number of amides is 1. The minimum absolute atomic E-state index is 0.0558. The number of fused-ring (bicyclic) bond motifs is 1. The van der Waals surface area contributed by atoms with E-state index in [2.05, 4.69) is 10.2 Å². The molecule has 1 amide bonds. The van der Waals surface area contributed by atoms with E-state index in [1.165, 1.54) is 0 Å². The number of nitrogens with one attached hydrogen (secondary N) is 1. The summed E-state index contributed by atoms with van der Waals surface area (Å²) in [6, 6.07) is 13.1. The van der Waals surface area contributed by atoms with Gasteiger partial charge in [0.1, 0.15) is 5.75 Å². The Labute approximate surface area is 156 Å². The van der Waals surface area contributed by atoms with Crippen LogP contribution in [-0.4, -0.2) is 29.6 Å². The molecule has 4 rings (SSSR count). The molecule has 25 heavy (non-hydrogen) atoms. The second-order valence-electron chi connectivity index (χ2n) is 6.57. The van der Waals surface area contributed by atoms with Gasteiger partial charge in [0.05, 0.1) is 15.6 Å². The molecule has 130 valence electrons. The lowest BCUT2D eigenvalue weighted by Gasteiger charge is -2.44. The fraction of sp³-hybridized carbons (Fsp3) is 0.316. The maximum Gasteiger partial charge on any atom is 0.258 e. The number of nitrogens with zero attached hydrogens (tertiary/aromatic N) is 1. The van der Waals surface area contributed by atoms with Gasteiger partial charge in [0, 0.05) is 32.5 Å². The third-order valence-corrected chi connectivity index (χ3v) is 5.57. The third-order valence-electron chi connectivity index (χ3n) is 4.83. The van der Waals surface area contributed by atoms with Crippen molar-refractivity contribution >= 4 is 29.1 Å². The molecule has 0 aliphatic carbocycles. The van der Waals surface area contributed by atoms with E-state index in [1.54, 1.807) is 6.07 Å². The summed E-state index contributed by atoms with van der Waals surface area (Å²) in [7, 11) is 0. The van der Waals surface area contributed by atoms with Gasteiger partial charge in [-0.2, -0.15) is 0 Å². The van der Waals surface area contributed by atoms with Crippen molar-refractivity contribution in [3.8, 4) is 5.75 Å². The van der Waals surface area contributed by atoms with Crippen molar-refractivity contribution in [2.24, 2.45) is 0 Å². The number of halogens is 2. The highest BCUT2D eigenvalue weighted by Gasteiger charge is 2.42. The number of hydrogen-bond acceptors (Lipinski definition) is 3. The van der Waals surface area contributed by atoms with Gasteiger partial charge in [-0.3, -0.25) is 9.69 Å². The van der Waals surface area contributed by atoms with Crippen molar-refractivity contribution in [2.45, 2.75) is 25.1 Å². The molecule has 4 nitrogen and oxygen atoms in total.